The third-order valence-corrected chi connectivity index (χ3v) is 3.78. The van der Waals surface area contributed by atoms with E-state index in [0.29, 0.717) is 22.7 Å². The quantitative estimate of drug-likeness (QED) is 0.599. The molecule has 136 valence electrons. The molecule has 27 heavy (non-hydrogen) atoms. The number of amides is 1. The number of benzene rings is 2. The topological polar surface area (TPSA) is 95.1 Å². The minimum absolute atomic E-state index is 0.0395. The van der Waals surface area contributed by atoms with Gasteiger partial charge in [-0.05, 0) is 47.9 Å². The normalized spacial score (nSPS) is 10.4. The molecular formula is C21H19N3O3. The molecule has 0 unspecified atom stereocenters. The van der Waals surface area contributed by atoms with Crippen molar-refractivity contribution in [1.29, 1.82) is 10.5 Å². The van der Waals surface area contributed by atoms with Crippen LogP contribution in [-0.2, 0) is 11.2 Å². The molecule has 0 aromatic heterocycles. The number of aryl methyl sites for hydroxylation is 1. The highest BCUT2D eigenvalue weighted by Gasteiger charge is 2.11. The Hall–Kier alpha value is -3.77. The van der Waals surface area contributed by atoms with Gasteiger partial charge in [0, 0.05) is 5.69 Å². The molecule has 6 nitrogen and oxygen atoms in total. The van der Waals surface area contributed by atoms with Crippen molar-refractivity contribution in [3.8, 4) is 23.6 Å². The third-order valence-electron chi connectivity index (χ3n) is 3.78. The fourth-order valence-corrected chi connectivity index (χ4v) is 2.34. The number of carbonyl (C=O) groups excluding carboxylic acids is 1. The van der Waals surface area contributed by atoms with Crippen LogP contribution in [0.1, 0.15) is 18.1 Å². The van der Waals surface area contributed by atoms with E-state index in [1.165, 1.54) is 13.2 Å². The van der Waals surface area contributed by atoms with Crippen molar-refractivity contribution in [2.24, 2.45) is 0 Å². The van der Waals surface area contributed by atoms with Gasteiger partial charge in [-0.2, -0.15) is 10.5 Å². The van der Waals surface area contributed by atoms with Crippen molar-refractivity contribution in [3.63, 3.8) is 0 Å². The van der Waals surface area contributed by atoms with Crippen LogP contribution < -0.4 is 14.8 Å². The van der Waals surface area contributed by atoms with Gasteiger partial charge in [0.25, 0.3) is 5.91 Å². The Bertz CT molecular complexity index is 919. The van der Waals surface area contributed by atoms with Crippen LogP contribution in [0.3, 0.4) is 0 Å². The summed E-state index contributed by atoms with van der Waals surface area (Å²) in [5, 5.41) is 20.7. The first kappa shape index (κ1) is 19.6. The zero-order chi connectivity index (χ0) is 19.6. The largest absolute Gasteiger partial charge is 0.493 e. The maximum atomic E-state index is 12.4. The Morgan fingerprint density at radius 3 is 2.48 bits per heavy atom. The molecule has 0 atom stereocenters. The van der Waals surface area contributed by atoms with Crippen molar-refractivity contribution in [3.05, 3.63) is 59.2 Å². The van der Waals surface area contributed by atoms with Crippen LogP contribution in [0.2, 0.25) is 0 Å². The second-order valence-corrected chi connectivity index (χ2v) is 5.53. The number of nitrogens with zero attached hydrogens (tertiary/aromatic N) is 2. The van der Waals surface area contributed by atoms with E-state index in [2.05, 4.69) is 12.2 Å². The highest BCUT2D eigenvalue weighted by atomic mass is 16.5. The first-order valence-corrected chi connectivity index (χ1v) is 8.31. The zero-order valence-corrected chi connectivity index (χ0v) is 15.2. The second kappa shape index (κ2) is 9.65. The van der Waals surface area contributed by atoms with Gasteiger partial charge in [-0.15, -0.1) is 0 Å². The summed E-state index contributed by atoms with van der Waals surface area (Å²) in [4.78, 5) is 12.4. The molecule has 0 saturated carbocycles. The lowest BCUT2D eigenvalue weighted by atomic mass is 10.1. The van der Waals surface area contributed by atoms with Gasteiger partial charge in [-0.25, -0.2) is 0 Å². The molecule has 0 aliphatic heterocycles. The highest BCUT2D eigenvalue weighted by molar-refractivity contribution is 6.09. The maximum Gasteiger partial charge on any atom is 0.266 e. The summed E-state index contributed by atoms with van der Waals surface area (Å²) < 4.78 is 10.5. The van der Waals surface area contributed by atoms with E-state index in [-0.39, 0.29) is 12.2 Å². The zero-order valence-electron chi connectivity index (χ0n) is 15.2. The van der Waals surface area contributed by atoms with E-state index >= 15 is 0 Å². The smallest absolute Gasteiger partial charge is 0.266 e. The van der Waals surface area contributed by atoms with Crippen LogP contribution >= 0.6 is 0 Å². The van der Waals surface area contributed by atoms with E-state index in [4.69, 9.17) is 14.7 Å². The monoisotopic (exact) mass is 361 g/mol. The minimum atomic E-state index is -0.495. The lowest BCUT2D eigenvalue weighted by molar-refractivity contribution is -0.112. The summed E-state index contributed by atoms with van der Waals surface area (Å²) in [7, 11) is 1.47. The van der Waals surface area contributed by atoms with Crippen molar-refractivity contribution in [2.75, 3.05) is 19.0 Å². The Kier molecular flexibility index (Phi) is 6.99. The van der Waals surface area contributed by atoms with Crippen LogP contribution in [0.5, 0.6) is 11.5 Å². The summed E-state index contributed by atoms with van der Waals surface area (Å²) >= 11 is 0. The summed E-state index contributed by atoms with van der Waals surface area (Å²) in [6.07, 6.45) is 2.37. The molecule has 0 bridgehead atoms. The number of carbonyl (C=O) groups is 1. The molecule has 0 saturated heterocycles. The molecule has 0 aliphatic rings. The minimum Gasteiger partial charge on any atom is -0.493 e. The van der Waals surface area contributed by atoms with E-state index in [9.17, 15) is 10.1 Å². The molecule has 0 radical (unpaired) electrons. The summed E-state index contributed by atoms with van der Waals surface area (Å²) in [5.74, 6) is 0.326. The number of nitrogens with one attached hydrogen (secondary N) is 1. The number of nitriles is 2. The van der Waals surface area contributed by atoms with Gasteiger partial charge in [0.15, 0.2) is 18.1 Å². The van der Waals surface area contributed by atoms with Gasteiger partial charge in [0.05, 0.1) is 7.11 Å². The molecular weight excluding hydrogens is 342 g/mol. The van der Waals surface area contributed by atoms with Crippen LogP contribution in [-0.4, -0.2) is 19.6 Å². The Morgan fingerprint density at radius 1 is 1.15 bits per heavy atom. The van der Waals surface area contributed by atoms with Gasteiger partial charge in [-0.1, -0.05) is 25.1 Å². The number of rotatable bonds is 7. The lowest BCUT2D eigenvalue weighted by Gasteiger charge is -2.09. The van der Waals surface area contributed by atoms with Crippen LogP contribution in [0.25, 0.3) is 6.08 Å². The van der Waals surface area contributed by atoms with Crippen molar-refractivity contribution >= 4 is 17.7 Å². The third kappa shape index (κ3) is 5.35. The number of hydrogen-bond acceptors (Lipinski definition) is 5. The molecule has 0 fully saturated rings. The lowest BCUT2D eigenvalue weighted by Crippen LogP contribution is -2.13. The van der Waals surface area contributed by atoms with E-state index in [1.54, 1.807) is 30.3 Å². The van der Waals surface area contributed by atoms with Crippen LogP contribution in [0.15, 0.2) is 48.0 Å². The Morgan fingerprint density at radius 2 is 1.89 bits per heavy atom. The van der Waals surface area contributed by atoms with Gasteiger partial charge < -0.3 is 14.8 Å². The van der Waals surface area contributed by atoms with Crippen LogP contribution in [0, 0.1) is 22.7 Å². The Balaban J connectivity index is 2.20. The number of anilines is 1. The van der Waals surface area contributed by atoms with E-state index in [0.717, 1.165) is 12.0 Å². The Labute approximate surface area is 158 Å². The van der Waals surface area contributed by atoms with Crippen molar-refractivity contribution in [1.82, 2.24) is 0 Å². The van der Waals surface area contributed by atoms with E-state index < -0.39 is 5.91 Å². The molecule has 2 aromatic rings. The summed E-state index contributed by atoms with van der Waals surface area (Å²) in [5.41, 5.74) is 2.34. The van der Waals surface area contributed by atoms with Gasteiger partial charge in [0.1, 0.15) is 17.7 Å². The summed E-state index contributed by atoms with van der Waals surface area (Å²) in [6, 6.07) is 16.2. The van der Waals surface area contributed by atoms with Crippen LogP contribution in [0.4, 0.5) is 5.69 Å². The predicted octanol–water partition coefficient (Wildman–Crippen LogP) is 3.71. The van der Waals surface area contributed by atoms with Gasteiger partial charge >= 0.3 is 0 Å². The first-order chi connectivity index (χ1) is 13.1. The number of methoxy groups -OCH3 is 1. The van der Waals surface area contributed by atoms with Gasteiger partial charge in [-0.3, -0.25) is 4.79 Å². The molecule has 2 aromatic carbocycles. The SMILES string of the molecule is CCc1ccc(NC(=O)/C(C#N)=C/c2ccc(OCC#N)c(OC)c2)cc1. The average Bonchev–Trinajstić information content (AvgIpc) is 2.71. The standard InChI is InChI=1S/C21H19N3O3/c1-3-15-4-7-18(8-5-15)24-21(25)17(14-23)12-16-6-9-19(27-11-10-22)20(13-16)26-2/h4-9,12-13H,3,11H2,1-2H3,(H,24,25)/b17-12+. The molecule has 0 heterocycles. The fraction of sp³-hybridized carbons (Fsp3) is 0.190. The van der Waals surface area contributed by atoms with Crippen molar-refractivity contribution < 1.29 is 14.3 Å². The van der Waals surface area contributed by atoms with Crippen molar-refractivity contribution in [2.45, 2.75) is 13.3 Å². The molecule has 1 N–H and O–H groups in total. The molecule has 2 rings (SSSR count). The van der Waals surface area contributed by atoms with Gasteiger partial charge in [0.2, 0.25) is 0 Å². The number of ether oxygens (including phenoxy) is 2. The highest BCUT2D eigenvalue weighted by Crippen LogP contribution is 2.29. The van der Waals surface area contributed by atoms with E-state index in [1.807, 2.05) is 24.3 Å². The molecule has 0 spiro atoms. The average molecular weight is 361 g/mol. The fourth-order valence-electron chi connectivity index (χ4n) is 2.34. The first-order valence-electron chi connectivity index (χ1n) is 8.31. The predicted molar refractivity (Wildman–Crippen MR) is 102 cm³/mol. The maximum absolute atomic E-state index is 12.4. The second-order valence-electron chi connectivity index (χ2n) is 5.53. The molecule has 0 aliphatic carbocycles. The molecule has 1 amide bonds. The number of hydrogen-bond donors (Lipinski definition) is 1. The molecule has 6 heteroatoms. The summed E-state index contributed by atoms with van der Waals surface area (Å²) in [6.45, 7) is 1.95.